The van der Waals surface area contributed by atoms with E-state index in [0.717, 1.165) is 41.5 Å². The standard InChI is InChI=1S/C22H27N5OS.HI/c1-3-19-15-26-21(29-19)10-12-25-22(23-2)27-14-18-9-11-24-20(13-18)28-16-17-7-5-4-6-8-17;/h4-9,11,13,15H,3,10,12,14,16H2,1-2H3,(H2,23,25,27);1H. The predicted molar refractivity (Wildman–Crippen MR) is 134 cm³/mol. The maximum absolute atomic E-state index is 5.80. The van der Waals surface area contributed by atoms with Gasteiger partial charge in [-0.05, 0) is 23.6 Å². The summed E-state index contributed by atoms with van der Waals surface area (Å²) in [7, 11) is 1.77. The van der Waals surface area contributed by atoms with E-state index in [1.165, 1.54) is 4.88 Å². The molecule has 0 aliphatic heterocycles. The molecule has 0 fully saturated rings. The molecule has 0 atom stereocenters. The van der Waals surface area contributed by atoms with Crippen molar-refractivity contribution in [2.45, 2.75) is 32.9 Å². The minimum atomic E-state index is 0. The van der Waals surface area contributed by atoms with Crippen LogP contribution in [0.25, 0.3) is 0 Å². The van der Waals surface area contributed by atoms with Gasteiger partial charge in [0, 0.05) is 49.9 Å². The smallest absolute Gasteiger partial charge is 0.213 e. The first-order valence-electron chi connectivity index (χ1n) is 9.76. The van der Waals surface area contributed by atoms with Gasteiger partial charge in [0.2, 0.25) is 5.88 Å². The second kappa shape index (κ2) is 13.2. The Balaban J connectivity index is 0.00000320. The normalized spacial score (nSPS) is 10.9. The van der Waals surface area contributed by atoms with Crippen molar-refractivity contribution in [3.05, 3.63) is 75.9 Å². The molecule has 3 aromatic rings. The Morgan fingerprint density at radius 1 is 1.10 bits per heavy atom. The Kier molecular flexibility index (Phi) is 10.6. The van der Waals surface area contributed by atoms with Crippen molar-refractivity contribution < 1.29 is 4.74 Å². The maximum atomic E-state index is 5.80. The first kappa shape index (κ1) is 24.1. The summed E-state index contributed by atoms with van der Waals surface area (Å²) < 4.78 is 5.80. The molecular formula is C22H28IN5OS. The number of hydrogen-bond acceptors (Lipinski definition) is 5. The summed E-state index contributed by atoms with van der Waals surface area (Å²) in [6.45, 7) is 4.09. The number of aromatic nitrogens is 2. The molecule has 6 nitrogen and oxygen atoms in total. The first-order valence-corrected chi connectivity index (χ1v) is 10.6. The molecule has 8 heteroatoms. The van der Waals surface area contributed by atoms with Crippen molar-refractivity contribution in [1.82, 2.24) is 20.6 Å². The lowest BCUT2D eigenvalue weighted by molar-refractivity contribution is 0.293. The molecular weight excluding hydrogens is 509 g/mol. The number of nitrogens with zero attached hydrogens (tertiary/aromatic N) is 3. The molecule has 0 saturated heterocycles. The van der Waals surface area contributed by atoms with Crippen LogP contribution in [0, 0.1) is 0 Å². The molecule has 2 heterocycles. The number of halogens is 1. The molecule has 0 bridgehead atoms. The highest BCUT2D eigenvalue weighted by Gasteiger charge is 2.04. The summed E-state index contributed by atoms with van der Waals surface area (Å²) >= 11 is 1.77. The molecule has 1 aromatic carbocycles. The van der Waals surface area contributed by atoms with Gasteiger partial charge in [0.15, 0.2) is 5.96 Å². The lowest BCUT2D eigenvalue weighted by Crippen LogP contribution is -2.37. The lowest BCUT2D eigenvalue weighted by atomic mass is 10.2. The van der Waals surface area contributed by atoms with E-state index in [-0.39, 0.29) is 24.0 Å². The van der Waals surface area contributed by atoms with Crippen LogP contribution in [0.3, 0.4) is 0 Å². The monoisotopic (exact) mass is 537 g/mol. The van der Waals surface area contributed by atoms with Gasteiger partial charge in [0.05, 0.1) is 5.01 Å². The SMILES string of the molecule is CCc1cnc(CCNC(=NC)NCc2ccnc(OCc3ccccc3)c2)s1.I. The minimum Gasteiger partial charge on any atom is -0.473 e. The molecule has 2 aromatic heterocycles. The average molecular weight is 537 g/mol. The van der Waals surface area contributed by atoms with Crippen molar-refractivity contribution >= 4 is 41.3 Å². The highest BCUT2D eigenvalue weighted by Crippen LogP contribution is 2.13. The van der Waals surface area contributed by atoms with E-state index in [1.54, 1.807) is 24.6 Å². The van der Waals surface area contributed by atoms with E-state index in [0.29, 0.717) is 19.0 Å². The van der Waals surface area contributed by atoms with E-state index in [2.05, 4.69) is 32.5 Å². The van der Waals surface area contributed by atoms with Crippen LogP contribution in [0.4, 0.5) is 0 Å². The summed E-state index contributed by atoms with van der Waals surface area (Å²) in [5.74, 6) is 1.38. The number of thiazole rings is 1. The molecule has 0 spiro atoms. The Bertz CT molecular complexity index is 917. The number of pyridine rings is 1. The quantitative estimate of drug-likeness (QED) is 0.243. The number of hydrogen-bond donors (Lipinski definition) is 2. The molecule has 0 aliphatic rings. The predicted octanol–water partition coefficient (Wildman–Crippen LogP) is 4.21. The van der Waals surface area contributed by atoms with E-state index in [4.69, 9.17) is 4.74 Å². The second-order valence-electron chi connectivity index (χ2n) is 6.45. The largest absolute Gasteiger partial charge is 0.473 e. The van der Waals surface area contributed by atoms with Crippen molar-refractivity contribution in [2.24, 2.45) is 4.99 Å². The number of ether oxygens (including phenoxy) is 1. The zero-order valence-corrected chi connectivity index (χ0v) is 20.4. The van der Waals surface area contributed by atoms with Crippen molar-refractivity contribution in [1.29, 1.82) is 0 Å². The number of benzene rings is 1. The van der Waals surface area contributed by atoms with Gasteiger partial charge in [-0.2, -0.15) is 0 Å². The average Bonchev–Trinajstić information content (AvgIpc) is 3.24. The summed E-state index contributed by atoms with van der Waals surface area (Å²) in [6, 6.07) is 14.0. The molecule has 0 aliphatic carbocycles. The third-order valence-electron chi connectivity index (χ3n) is 4.29. The van der Waals surface area contributed by atoms with Crippen LogP contribution >= 0.6 is 35.3 Å². The molecule has 0 radical (unpaired) electrons. The van der Waals surface area contributed by atoms with Crippen LogP contribution in [0.15, 0.2) is 59.9 Å². The number of guanidine groups is 1. The summed E-state index contributed by atoms with van der Waals surface area (Å²) in [6.07, 6.45) is 5.66. The zero-order chi connectivity index (χ0) is 20.3. The van der Waals surface area contributed by atoms with Gasteiger partial charge < -0.3 is 15.4 Å². The van der Waals surface area contributed by atoms with E-state index in [9.17, 15) is 0 Å². The Morgan fingerprint density at radius 2 is 1.93 bits per heavy atom. The van der Waals surface area contributed by atoms with Gasteiger partial charge in [-0.3, -0.25) is 4.99 Å². The fourth-order valence-corrected chi connectivity index (χ4v) is 3.55. The lowest BCUT2D eigenvalue weighted by Gasteiger charge is -2.12. The number of aliphatic imine (C=N–C) groups is 1. The molecule has 0 amide bonds. The van der Waals surface area contributed by atoms with Gasteiger partial charge in [-0.1, -0.05) is 37.3 Å². The number of aryl methyl sites for hydroxylation is 1. The van der Waals surface area contributed by atoms with E-state index < -0.39 is 0 Å². The fraction of sp³-hybridized carbons (Fsp3) is 0.318. The molecule has 0 saturated carbocycles. The van der Waals surface area contributed by atoms with Gasteiger partial charge in [-0.25, -0.2) is 9.97 Å². The van der Waals surface area contributed by atoms with Crippen LogP contribution in [-0.4, -0.2) is 29.5 Å². The number of rotatable bonds is 9. The van der Waals surface area contributed by atoms with Crippen LogP contribution < -0.4 is 15.4 Å². The van der Waals surface area contributed by atoms with Crippen LogP contribution in [0.1, 0.15) is 27.9 Å². The fourth-order valence-electron chi connectivity index (χ4n) is 2.69. The summed E-state index contributed by atoms with van der Waals surface area (Å²) in [5, 5.41) is 7.82. The third kappa shape index (κ3) is 7.91. The van der Waals surface area contributed by atoms with Crippen LogP contribution in [-0.2, 0) is 26.0 Å². The highest BCUT2D eigenvalue weighted by molar-refractivity contribution is 14.0. The Hall–Kier alpha value is -2.20. The summed E-state index contributed by atoms with van der Waals surface area (Å²) in [5.41, 5.74) is 2.20. The molecule has 2 N–H and O–H groups in total. The minimum absolute atomic E-state index is 0. The summed E-state index contributed by atoms with van der Waals surface area (Å²) in [4.78, 5) is 14.4. The third-order valence-corrected chi connectivity index (χ3v) is 5.50. The van der Waals surface area contributed by atoms with Crippen molar-refractivity contribution in [3.8, 4) is 5.88 Å². The molecule has 160 valence electrons. The van der Waals surface area contributed by atoms with Gasteiger partial charge >= 0.3 is 0 Å². The van der Waals surface area contributed by atoms with E-state index in [1.807, 2.05) is 48.7 Å². The molecule has 0 unspecified atom stereocenters. The van der Waals surface area contributed by atoms with Crippen LogP contribution in [0.5, 0.6) is 5.88 Å². The van der Waals surface area contributed by atoms with Crippen LogP contribution in [0.2, 0.25) is 0 Å². The second-order valence-corrected chi connectivity index (χ2v) is 7.65. The maximum Gasteiger partial charge on any atom is 0.213 e. The Labute approximate surface area is 199 Å². The zero-order valence-electron chi connectivity index (χ0n) is 17.3. The Morgan fingerprint density at radius 3 is 2.67 bits per heavy atom. The van der Waals surface area contributed by atoms with Crippen molar-refractivity contribution in [2.75, 3.05) is 13.6 Å². The molecule has 30 heavy (non-hydrogen) atoms. The van der Waals surface area contributed by atoms with E-state index >= 15 is 0 Å². The number of nitrogens with one attached hydrogen (secondary N) is 2. The van der Waals surface area contributed by atoms with Crippen molar-refractivity contribution in [3.63, 3.8) is 0 Å². The highest BCUT2D eigenvalue weighted by atomic mass is 127. The van der Waals surface area contributed by atoms with Gasteiger partial charge in [0.25, 0.3) is 0 Å². The topological polar surface area (TPSA) is 71.4 Å². The molecule has 3 rings (SSSR count). The first-order chi connectivity index (χ1) is 14.3. The van der Waals surface area contributed by atoms with Gasteiger partial charge in [0.1, 0.15) is 6.61 Å². The van der Waals surface area contributed by atoms with Gasteiger partial charge in [-0.15, -0.1) is 35.3 Å².